The molecule has 0 aliphatic heterocycles. The van der Waals surface area contributed by atoms with E-state index in [0.29, 0.717) is 0 Å². The molecule has 0 atom stereocenters. The molecule has 3 heteroatoms. The van der Waals surface area contributed by atoms with Crippen molar-refractivity contribution in [2.75, 3.05) is 0 Å². The van der Waals surface area contributed by atoms with Crippen LogP contribution >= 0.6 is 0 Å². The summed E-state index contributed by atoms with van der Waals surface area (Å²) in [7, 11) is 0. The number of amides is 1. The van der Waals surface area contributed by atoms with Crippen molar-refractivity contribution in [3.63, 3.8) is 0 Å². The second-order valence-corrected chi connectivity index (χ2v) is 4.59. The minimum atomic E-state index is -0.0498. The average molecular weight is 226 g/mol. The predicted octanol–water partition coefficient (Wildman–Crippen LogP) is 3.20. The molecule has 2 aromatic heterocycles. The summed E-state index contributed by atoms with van der Waals surface area (Å²) in [4.78, 5) is 12.1. The number of nitrogens with one attached hydrogen (secondary N) is 1. The van der Waals surface area contributed by atoms with Gasteiger partial charge in [0.15, 0.2) is 0 Å². The molecule has 17 heavy (non-hydrogen) atoms. The molecule has 0 radical (unpaired) electrons. The summed E-state index contributed by atoms with van der Waals surface area (Å²) in [6.45, 7) is 3.93. The number of carbonyl (C=O) groups excluding carboxylic acids is 1. The zero-order chi connectivity index (χ0) is 12.0. The van der Waals surface area contributed by atoms with Gasteiger partial charge in [-0.05, 0) is 26.0 Å². The van der Waals surface area contributed by atoms with Gasteiger partial charge in [-0.25, -0.2) is 4.79 Å². The van der Waals surface area contributed by atoms with Crippen LogP contribution in [0.25, 0.3) is 21.8 Å². The molecule has 1 amide bonds. The Morgan fingerprint density at radius 3 is 2.06 bits per heavy atom. The summed E-state index contributed by atoms with van der Waals surface area (Å²) in [6, 6.07) is 12.2. The lowest BCUT2D eigenvalue weighted by Crippen LogP contribution is -2.33. The molecule has 0 spiro atoms. The summed E-state index contributed by atoms with van der Waals surface area (Å²) >= 11 is 0. The highest BCUT2D eigenvalue weighted by atomic mass is 16.2. The zero-order valence-corrected chi connectivity index (χ0v) is 9.90. The second kappa shape index (κ2) is 3.48. The molecular weight excluding hydrogens is 212 g/mol. The largest absolute Gasteiger partial charge is 0.335 e. The molecule has 1 aromatic carbocycles. The first-order valence-electron chi connectivity index (χ1n) is 5.81. The van der Waals surface area contributed by atoms with Crippen LogP contribution in [-0.4, -0.2) is 16.6 Å². The Bertz CT molecular complexity index is 634. The third-order valence-corrected chi connectivity index (χ3v) is 2.98. The number of fused-ring (bicyclic) bond motifs is 5. The van der Waals surface area contributed by atoms with Crippen LogP contribution < -0.4 is 5.32 Å². The van der Waals surface area contributed by atoms with Gasteiger partial charge in [0, 0.05) is 16.8 Å². The highest BCUT2D eigenvalue weighted by molar-refractivity contribution is 6.14. The Kier molecular flexibility index (Phi) is 2.08. The lowest BCUT2D eigenvalue weighted by Gasteiger charge is -2.08. The maximum absolute atomic E-state index is 12.1. The molecule has 0 unspecified atom stereocenters. The van der Waals surface area contributed by atoms with Crippen LogP contribution in [0.1, 0.15) is 13.8 Å². The van der Waals surface area contributed by atoms with Gasteiger partial charge in [0.05, 0.1) is 11.0 Å². The van der Waals surface area contributed by atoms with E-state index >= 15 is 0 Å². The van der Waals surface area contributed by atoms with E-state index in [2.05, 4.69) is 17.4 Å². The summed E-state index contributed by atoms with van der Waals surface area (Å²) in [5.74, 6) is 0. The Morgan fingerprint density at radius 1 is 1.06 bits per heavy atom. The van der Waals surface area contributed by atoms with Crippen molar-refractivity contribution in [2.45, 2.75) is 19.9 Å². The molecule has 0 saturated heterocycles. The molecule has 86 valence electrons. The Labute approximate surface area is 99.4 Å². The molecule has 3 nitrogen and oxygen atoms in total. The van der Waals surface area contributed by atoms with Crippen molar-refractivity contribution in [2.24, 2.45) is 0 Å². The molecule has 0 saturated carbocycles. The van der Waals surface area contributed by atoms with Gasteiger partial charge in [-0.3, -0.25) is 4.57 Å². The average Bonchev–Trinajstić information content (AvgIpc) is 2.84. The Morgan fingerprint density at radius 2 is 1.59 bits per heavy atom. The van der Waals surface area contributed by atoms with E-state index in [4.69, 9.17) is 0 Å². The van der Waals surface area contributed by atoms with Gasteiger partial charge in [0.25, 0.3) is 0 Å². The zero-order valence-electron chi connectivity index (χ0n) is 9.90. The topological polar surface area (TPSA) is 34.0 Å². The highest BCUT2D eigenvalue weighted by Gasteiger charge is 2.17. The number of rotatable bonds is 1. The molecule has 3 rings (SSSR count). The minimum Gasteiger partial charge on any atom is -0.335 e. The fourth-order valence-corrected chi connectivity index (χ4v) is 2.32. The van der Waals surface area contributed by atoms with E-state index in [1.807, 2.05) is 38.1 Å². The maximum Gasteiger partial charge on any atom is 0.326 e. The predicted molar refractivity (Wildman–Crippen MR) is 69.7 cm³/mol. The first-order valence-corrected chi connectivity index (χ1v) is 5.81. The Balaban J connectivity index is 2.22. The van der Waals surface area contributed by atoms with E-state index in [0.717, 1.165) is 21.8 Å². The van der Waals surface area contributed by atoms with Gasteiger partial charge < -0.3 is 5.32 Å². The standard InChI is InChI=1S/C14H14N2O/c1-9(2)15-14(17)16-12-7-8-13(16)11-6-4-3-5-10(11)12/h3-9H,1-2H3,(H,15,17). The lowest BCUT2D eigenvalue weighted by molar-refractivity contribution is 0.242. The summed E-state index contributed by atoms with van der Waals surface area (Å²) in [6.07, 6.45) is 0. The SMILES string of the molecule is CC(C)NC(=O)n1c2ccc1c1ccccc12. The number of benzene rings is 2. The van der Waals surface area contributed by atoms with Crippen LogP contribution in [0.5, 0.6) is 0 Å². The third kappa shape index (κ3) is 1.39. The van der Waals surface area contributed by atoms with Gasteiger partial charge in [-0.15, -0.1) is 0 Å². The fourth-order valence-electron chi connectivity index (χ4n) is 2.32. The molecular formula is C14H14N2O. The van der Waals surface area contributed by atoms with E-state index in [-0.39, 0.29) is 12.1 Å². The lowest BCUT2D eigenvalue weighted by atomic mass is 10.1. The van der Waals surface area contributed by atoms with E-state index in [9.17, 15) is 4.79 Å². The van der Waals surface area contributed by atoms with Crippen molar-refractivity contribution < 1.29 is 4.79 Å². The third-order valence-electron chi connectivity index (χ3n) is 2.98. The van der Waals surface area contributed by atoms with Crippen molar-refractivity contribution >= 4 is 27.8 Å². The van der Waals surface area contributed by atoms with Crippen molar-refractivity contribution in [3.05, 3.63) is 36.4 Å². The van der Waals surface area contributed by atoms with Gasteiger partial charge in [0.2, 0.25) is 0 Å². The smallest absolute Gasteiger partial charge is 0.326 e. The molecule has 0 fully saturated rings. The first kappa shape index (κ1) is 10.1. The number of carbonyl (C=O) groups is 1. The van der Waals surface area contributed by atoms with Crippen LogP contribution in [-0.2, 0) is 0 Å². The van der Waals surface area contributed by atoms with Gasteiger partial charge in [-0.2, -0.15) is 0 Å². The number of hydrogen-bond donors (Lipinski definition) is 1. The van der Waals surface area contributed by atoms with Crippen LogP contribution in [0, 0.1) is 0 Å². The van der Waals surface area contributed by atoms with Crippen LogP contribution in [0.15, 0.2) is 36.4 Å². The summed E-state index contributed by atoms with van der Waals surface area (Å²) in [5.41, 5.74) is 1.96. The van der Waals surface area contributed by atoms with E-state index < -0.39 is 0 Å². The monoisotopic (exact) mass is 226 g/mol. The van der Waals surface area contributed by atoms with Gasteiger partial charge in [-0.1, -0.05) is 24.3 Å². The normalized spacial score (nSPS) is 11.7. The fraction of sp³-hybridized carbons (Fsp3) is 0.214. The van der Waals surface area contributed by atoms with Crippen molar-refractivity contribution in [1.29, 1.82) is 0 Å². The molecule has 2 bridgehead atoms. The quantitative estimate of drug-likeness (QED) is 0.679. The number of hydrogen-bond acceptors (Lipinski definition) is 1. The van der Waals surface area contributed by atoms with Crippen molar-refractivity contribution in [3.8, 4) is 0 Å². The molecule has 1 N–H and O–H groups in total. The van der Waals surface area contributed by atoms with Crippen molar-refractivity contribution in [1.82, 2.24) is 9.88 Å². The molecule has 3 aromatic rings. The van der Waals surface area contributed by atoms with Gasteiger partial charge in [0.1, 0.15) is 0 Å². The van der Waals surface area contributed by atoms with Crippen LogP contribution in [0.2, 0.25) is 0 Å². The second-order valence-electron chi connectivity index (χ2n) is 4.59. The summed E-state index contributed by atoms with van der Waals surface area (Å²) < 4.78 is 1.75. The van der Waals surface area contributed by atoms with Crippen LogP contribution in [0.4, 0.5) is 4.79 Å². The minimum absolute atomic E-state index is 0.0498. The molecule has 0 aliphatic rings. The Hall–Kier alpha value is -2.03. The van der Waals surface area contributed by atoms with Gasteiger partial charge >= 0.3 is 6.03 Å². The van der Waals surface area contributed by atoms with E-state index in [1.54, 1.807) is 4.57 Å². The summed E-state index contributed by atoms with van der Waals surface area (Å²) in [5, 5.41) is 5.21. The molecule has 0 aliphatic carbocycles. The number of nitrogens with zero attached hydrogens (tertiary/aromatic N) is 1. The van der Waals surface area contributed by atoms with Crippen LogP contribution in [0.3, 0.4) is 0 Å². The number of aromatic nitrogens is 1. The molecule has 2 heterocycles. The maximum atomic E-state index is 12.1. The van der Waals surface area contributed by atoms with E-state index in [1.165, 1.54) is 0 Å². The highest BCUT2D eigenvalue weighted by Crippen LogP contribution is 2.30. The first-order chi connectivity index (χ1) is 8.18.